The standard InChI is InChI=1S/C29H30N2O5S/c1-16-4-3-5-17(2)24(16)25-21(26(36-31-25)18-6-7-18)15-35-20-10-12-29(34,13-11-20)28-30-22-9-8-19(27(32)33)14-23(22)37-28/h3-5,8-9,14,18,20,34H,6-7,10-13,15H2,1-2H3,(H,32,33). The molecule has 2 aliphatic carbocycles. The zero-order valence-corrected chi connectivity index (χ0v) is 21.8. The summed E-state index contributed by atoms with van der Waals surface area (Å²) in [6.45, 7) is 4.65. The van der Waals surface area contributed by atoms with Crippen LogP contribution in [0.3, 0.4) is 0 Å². The van der Waals surface area contributed by atoms with Crippen LogP contribution in [0.4, 0.5) is 0 Å². The van der Waals surface area contributed by atoms with Crippen LogP contribution in [-0.2, 0) is 16.9 Å². The van der Waals surface area contributed by atoms with E-state index < -0.39 is 11.6 Å². The van der Waals surface area contributed by atoms with E-state index in [9.17, 15) is 15.0 Å². The van der Waals surface area contributed by atoms with Crippen molar-refractivity contribution < 1.29 is 24.3 Å². The normalized spacial score (nSPS) is 22.0. The smallest absolute Gasteiger partial charge is 0.335 e. The molecule has 0 radical (unpaired) electrons. The number of ether oxygens (including phenoxy) is 1. The second kappa shape index (κ2) is 9.35. The second-order valence-corrected chi connectivity index (χ2v) is 11.5. The molecule has 0 aliphatic heterocycles. The maximum atomic E-state index is 11.4. The second-order valence-electron chi connectivity index (χ2n) is 10.5. The fourth-order valence-electron chi connectivity index (χ4n) is 5.42. The van der Waals surface area contributed by atoms with Crippen LogP contribution >= 0.6 is 11.3 Å². The summed E-state index contributed by atoms with van der Waals surface area (Å²) in [5.74, 6) is 0.424. The Hall–Kier alpha value is -3.07. The number of rotatable bonds is 7. The fourth-order valence-corrected chi connectivity index (χ4v) is 6.57. The van der Waals surface area contributed by atoms with E-state index in [0.29, 0.717) is 30.4 Å². The number of fused-ring (bicyclic) bond motifs is 1. The number of hydrogen-bond acceptors (Lipinski definition) is 7. The largest absolute Gasteiger partial charge is 0.478 e. The molecule has 2 saturated carbocycles. The van der Waals surface area contributed by atoms with Crippen molar-refractivity contribution in [1.82, 2.24) is 10.1 Å². The molecule has 192 valence electrons. The minimum absolute atomic E-state index is 0.0287. The average Bonchev–Trinajstić information content (AvgIpc) is 3.49. The first-order valence-corrected chi connectivity index (χ1v) is 13.7. The van der Waals surface area contributed by atoms with E-state index in [1.54, 1.807) is 18.2 Å². The van der Waals surface area contributed by atoms with Crippen molar-refractivity contribution in [3.05, 3.63) is 69.4 Å². The first kappa shape index (κ1) is 24.3. The maximum absolute atomic E-state index is 11.4. The molecule has 0 spiro atoms. The molecule has 2 N–H and O–H groups in total. The number of benzene rings is 2. The third-order valence-electron chi connectivity index (χ3n) is 7.74. The van der Waals surface area contributed by atoms with Crippen molar-refractivity contribution in [3.8, 4) is 11.3 Å². The molecular weight excluding hydrogens is 488 g/mol. The lowest BCUT2D eigenvalue weighted by Crippen LogP contribution is -2.34. The Balaban J connectivity index is 1.17. The summed E-state index contributed by atoms with van der Waals surface area (Å²) in [6.07, 6.45) is 4.81. The third kappa shape index (κ3) is 4.58. The topological polar surface area (TPSA) is 106 Å². The number of aromatic carboxylic acids is 1. The predicted octanol–water partition coefficient (Wildman–Crippen LogP) is 6.49. The van der Waals surface area contributed by atoms with Gasteiger partial charge in [0.2, 0.25) is 0 Å². The highest BCUT2D eigenvalue weighted by Gasteiger charge is 2.39. The Kier molecular flexibility index (Phi) is 6.13. The highest BCUT2D eigenvalue weighted by atomic mass is 32.1. The molecule has 37 heavy (non-hydrogen) atoms. The van der Waals surface area contributed by atoms with Gasteiger partial charge in [0.15, 0.2) is 0 Å². The highest BCUT2D eigenvalue weighted by molar-refractivity contribution is 7.18. The number of nitrogens with zero attached hydrogens (tertiary/aromatic N) is 2. The van der Waals surface area contributed by atoms with Gasteiger partial charge in [0.1, 0.15) is 22.1 Å². The number of hydrogen-bond donors (Lipinski definition) is 2. The molecule has 2 aromatic heterocycles. The van der Waals surface area contributed by atoms with Crippen molar-refractivity contribution in [3.63, 3.8) is 0 Å². The maximum Gasteiger partial charge on any atom is 0.335 e. The Morgan fingerprint density at radius 2 is 1.86 bits per heavy atom. The van der Waals surface area contributed by atoms with Gasteiger partial charge in [-0.1, -0.05) is 23.4 Å². The van der Waals surface area contributed by atoms with E-state index in [-0.39, 0.29) is 11.7 Å². The molecule has 4 aromatic rings. The molecule has 7 nitrogen and oxygen atoms in total. The molecule has 0 bridgehead atoms. The Morgan fingerprint density at radius 1 is 1.14 bits per heavy atom. The minimum atomic E-state index is -1.02. The van der Waals surface area contributed by atoms with Crippen LogP contribution in [0, 0.1) is 13.8 Å². The van der Waals surface area contributed by atoms with Crippen molar-refractivity contribution in [2.24, 2.45) is 0 Å². The average molecular weight is 519 g/mol. The molecule has 0 amide bonds. The molecule has 8 heteroatoms. The van der Waals surface area contributed by atoms with Gasteiger partial charge in [-0.3, -0.25) is 0 Å². The molecule has 2 fully saturated rings. The summed E-state index contributed by atoms with van der Waals surface area (Å²) >= 11 is 1.38. The lowest BCUT2D eigenvalue weighted by atomic mass is 9.83. The zero-order valence-electron chi connectivity index (χ0n) is 21.0. The molecule has 0 atom stereocenters. The number of carboxylic acid groups (broad SMARTS) is 1. The number of carboxylic acids is 1. The molecule has 2 heterocycles. The van der Waals surface area contributed by atoms with Gasteiger partial charge in [0, 0.05) is 17.0 Å². The zero-order chi connectivity index (χ0) is 25.7. The number of carbonyl (C=O) groups is 1. The lowest BCUT2D eigenvalue weighted by Gasteiger charge is -2.34. The fraction of sp³-hybridized carbons (Fsp3) is 0.414. The van der Waals surface area contributed by atoms with Crippen molar-refractivity contribution in [2.45, 2.75) is 76.6 Å². The van der Waals surface area contributed by atoms with Gasteiger partial charge in [-0.15, -0.1) is 11.3 Å². The van der Waals surface area contributed by atoms with E-state index in [1.165, 1.54) is 22.5 Å². The van der Waals surface area contributed by atoms with Crippen LogP contribution in [0.1, 0.15) is 82.3 Å². The van der Waals surface area contributed by atoms with Gasteiger partial charge in [-0.2, -0.15) is 0 Å². The van der Waals surface area contributed by atoms with Crippen molar-refractivity contribution in [1.29, 1.82) is 0 Å². The number of thiazole rings is 1. The van der Waals surface area contributed by atoms with Crippen LogP contribution in [-0.4, -0.2) is 32.4 Å². The van der Waals surface area contributed by atoms with Crippen LogP contribution < -0.4 is 0 Å². The van der Waals surface area contributed by atoms with Gasteiger partial charge in [-0.05, 0) is 81.7 Å². The van der Waals surface area contributed by atoms with Gasteiger partial charge < -0.3 is 19.5 Å². The van der Waals surface area contributed by atoms with Crippen LogP contribution in [0.15, 0.2) is 40.9 Å². The summed E-state index contributed by atoms with van der Waals surface area (Å²) in [5, 5.41) is 25.8. The lowest BCUT2D eigenvalue weighted by molar-refractivity contribution is -0.0640. The quantitative estimate of drug-likeness (QED) is 0.288. The monoisotopic (exact) mass is 518 g/mol. The first-order valence-electron chi connectivity index (χ1n) is 12.9. The summed E-state index contributed by atoms with van der Waals surface area (Å²) < 4.78 is 13.1. The highest BCUT2D eigenvalue weighted by Crippen LogP contribution is 2.46. The SMILES string of the molecule is Cc1cccc(C)c1-c1noc(C2CC2)c1COC1CCC(O)(c2nc3ccc(C(=O)O)cc3s2)CC1. The van der Waals surface area contributed by atoms with Crippen LogP contribution in [0.2, 0.25) is 0 Å². The van der Waals surface area contributed by atoms with Crippen LogP contribution in [0.5, 0.6) is 0 Å². The number of aromatic nitrogens is 2. The predicted molar refractivity (Wildman–Crippen MR) is 141 cm³/mol. The Morgan fingerprint density at radius 3 is 2.54 bits per heavy atom. The van der Waals surface area contributed by atoms with Gasteiger partial charge in [0.25, 0.3) is 0 Å². The van der Waals surface area contributed by atoms with Gasteiger partial charge in [0.05, 0.1) is 28.5 Å². The molecule has 0 unspecified atom stereocenters. The first-order chi connectivity index (χ1) is 17.8. The van der Waals surface area contributed by atoms with Gasteiger partial charge >= 0.3 is 5.97 Å². The van der Waals surface area contributed by atoms with E-state index in [4.69, 9.17) is 9.26 Å². The summed E-state index contributed by atoms with van der Waals surface area (Å²) in [4.78, 5) is 15.9. The summed E-state index contributed by atoms with van der Waals surface area (Å²) in [6, 6.07) is 11.2. The molecule has 2 aliphatic rings. The van der Waals surface area contributed by atoms with E-state index in [2.05, 4.69) is 42.2 Å². The number of aliphatic hydroxyl groups is 1. The van der Waals surface area contributed by atoms with Gasteiger partial charge in [-0.25, -0.2) is 9.78 Å². The third-order valence-corrected chi connectivity index (χ3v) is 8.95. The van der Waals surface area contributed by atoms with E-state index in [0.717, 1.165) is 58.5 Å². The molecule has 2 aromatic carbocycles. The Bertz CT molecular complexity index is 1460. The Labute approximate surface area is 219 Å². The van der Waals surface area contributed by atoms with Crippen molar-refractivity contribution >= 4 is 27.5 Å². The van der Waals surface area contributed by atoms with E-state index >= 15 is 0 Å². The summed E-state index contributed by atoms with van der Waals surface area (Å²) in [5.41, 5.74) is 5.34. The minimum Gasteiger partial charge on any atom is -0.478 e. The molecule has 0 saturated heterocycles. The van der Waals surface area contributed by atoms with Crippen LogP contribution in [0.25, 0.3) is 21.5 Å². The number of aryl methyl sites for hydroxylation is 2. The van der Waals surface area contributed by atoms with Crippen molar-refractivity contribution in [2.75, 3.05) is 0 Å². The van der Waals surface area contributed by atoms with E-state index in [1.807, 2.05) is 0 Å². The molecule has 6 rings (SSSR count). The molecular formula is C29H30N2O5S. The summed E-state index contributed by atoms with van der Waals surface area (Å²) in [7, 11) is 0.